The van der Waals surface area contributed by atoms with Crippen LogP contribution >= 0.6 is 27.3 Å². The molecule has 1 aromatic heterocycles. The topological polar surface area (TPSA) is 26.0 Å². The van der Waals surface area contributed by atoms with Gasteiger partial charge in [-0.1, -0.05) is 19.8 Å². The van der Waals surface area contributed by atoms with E-state index in [0.717, 1.165) is 12.8 Å². The molecule has 1 rings (SSSR count). The molecule has 0 radical (unpaired) electrons. The average molecular weight is 262 g/mol. The Morgan fingerprint density at radius 1 is 1.62 bits per heavy atom. The van der Waals surface area contributed by atoms with E-state index in [0.29, 0.717) is 6.04 Å². The molecule has 0 aromatic carbocycles. The molecular weight excluding hydrogens is 246 g/mol. The molecular formula is C10H16BrNS. The smallest absolute Gasteiger partial charge is 0.0314 e. The second-order valence-electron chi connectivity index (χ2n) is 3.30. The van der Waals surface area contributed by atoms with Crippen LogP contribution in [-0.4, -0.2) is 6.04 Å². The maximum atomic E-state index is 6.01. The van der Waals surface area contributed by atoms with E-state index in [4.69, 9.17) is 5.73 Å². The highest BCUT2D eigenvalue weighted by Crippen LogP contribution is 2.24. The van der Waals surface area contributed by atoms with Gasteiger partial charge in [0.15, 0.2) is 0 Å². The van der Waals surface area contributed by atoms with Crippen molar-refractivity contribution in [2.24, 2.45) is 5.73 Å². The zero-order chi connectivity index (χ0) is 9.68. The van der Waals surface area contributed by atoms with Crippen LogP contribution in [0.2, 0.25) is 0 Å². The summed E-state index contributed by atoms with van der Waals surface area (Å²) in [6.07, 6.45) is 4.63. The van der Waals surface area contributed by atoms with Crippen LogP contribution in [0.1, 0.15) is 31.1 Å². The molecule has 74 valence electrons. The van der Waals surface area contributed by atoms with Gasteiger partial charge < -0.3 is 5.73 Å². The van der Waals surface area contributed by atoms with Gasteiger partial charge in [0.25, 0.3) is 0 Å². The first kappa shape index (κ1) is 11.2. The minimum atomic E-state index is 0.329. The van der Waals surface area contributed by atoms with Gasteiger partial charge in [0.2, 0.25) is 0 Å². The second-order valence-corrected chi connectivity index (χ2v) is 5.15. The fraction of sp³-hybridized carbons (Fsp3) is 0.600. The minimum absolute atomic E-state index is 0.329. The van der Waals surface area contributed by atoms with E-state index in [2.05, 4.69) is 34.3 Å². The summed E-state index contributed by atoms with van der Waals surface area (Å²) in [4.78, 5) is 1.38. The van der Waals surface area contributed by atoms with E-state index >= 15 is 0 Å². The van der Waals surface area contributed by atoms with Crippen LogP contribution in [-0.2, 0) is 6.42 Å². The van der Waals surface area contributed by atoms with Crippen molar-refractivity contribution < 1.29 is 0 Å². The first-order valence-electron chi connectivity index (χ1n) is 4.71. The largest absolute Gasteiger partial charge is 0.327 e. The summed E-state index contributed by atoms with van der Waals surface area (Å²) in [5.41, 5.74) is 6.01. The van der Waals surface area contributed by atoms with E-state index < -0.39 is 0 Å². The van der Waals surface area contributed by atoms with E-state index in [9.17, 15) is 0 Å². The van der Waals surface area contributed by atoms with Crippen molar-refractivity contribution in [2.45, 2.75) is 38.6 Å². The average Bonchev–Trinajstić information content (AvgIpc) is 2.48. The molecule has 0 aliphatic carbocycles. The number of unbranched alkanes of at least 4 members (excludes halogenated alkanes) is 1. The van der Waals surface area contributed by atoms with Crippen molar-refractivity contribution in [1.29, 1.82) is 0 Å². The third-order valence-electron chi connectivity index (χ3n) is 2.07. The molecule has 0 fully saturated rings. The SMILES string of the molecule is CCCCC(N)Cc1sccc1Br. The number of thiophene rings is 1. The van der Waals surface area contributed by atoms with Gasteiger partial charge in [-0.25, -0.2) is 0 Å². The molecule has 1 heterocycles. The zero-order valence-electron chi connectivity index (χ0n) is 7.92. The van der Waals surface area contributed by atoms with Gasteiger partial charge in [0.1, 0.15) is 0 Å². The summed E-state index contributed by atoms with van der Waals surface area (Å²) in [6, 6.07) is 2.42. The molecule has 0 aliphatic rings. The van der Waals surface area contributed by atoms with Crippen molar-refractivity contribution in [2.75, 3.05) is 0 Å². The molecule has 13 heavy (non-hydrogen) atoms. The number of rotatable bonds is 5. The number of nitrogens with two attached hydrogens (primary N) is 1. The highest BCUT2D eigenvalue weighted by molar-refractivity contribution is 9.10. The summed E-state index contributed by atoms with van der Waals surface area (Å²) < 4.78 is 1.21. The Kier molecular flexibility index (Phi) is 4.99. The van der Waals surface area contributed by atoms with Crippen LogP contribution in [0.4, 0.5) is 0 Å². The first-order valence-corrected chi connectivity index (χ1v) is 6.38. The molecule has 0 amide bonds. The molecule has 1 atom stereocenters. The maximum Gasteiger partial charge on any atom is 0.0314 e. The van der Waals surface area contributed by atoms with Crippen molar-refractivity contribution in [1.82, 2.24) is 0 Å². The van der Waals surface area contributed by atoms with Gasteiger partial charge in [-0.2, -0.15) is 0 Å². The van der Waals surface area contributed by atoms with Crippen molar-refractivity contribution in [3.05, 3.63) is 20.8 Å². The summed E-state index contributed by atoms with van der Waals surface area (Å²) >= 11 is 5.30. The third kappa shape index (κ3) is 3.79. The van der Waals surface area contributed by atoms with Crippen molar-refractivity contribution in [3.63, 3.8) is 0 Å². The Balaban J connectivity index is 2.36. The van der Waals surface area contributed by atoms with E-state index in [1.54, 1.807) is 11.3 Å². The molecule has 3 heteroatoms. The molecule has 1 aromatic rings. The predicted molar refractivity (Wildman–Crippen MR) is 63.2 cm³/mol. The first-order chi connectivity index (χ1) is 6.24. The van der Waals surface area contributed by atoms with Crippen LogP contribution in [0, 0.1) is 0 Å². The molecule has 0 bridgehead atoms. The lowest BCUT2D eigenvalue weighted by molar-refractivity contribution is 0.576. The minimum Gasteiger partial charge on any atom is -0.327 e. The van der Waals surface area contributed by atoms with Gasteiger partial charge >= 0.3 is 0 Å². The monoisotopic (exact) mass is 261 g/mol. The van der Waals surface area contributed by atoms with Gasteiger partial charge in [0, 0.05) is 15.4 Å². The van der Waals surface area contributed by atoms with Crippen LogP contribution in [0.15, 0.2) is 15.9 Å². The van der Waals surface area contributed by atoms with Gasteiger partial charge in [-0.3, -0.25) is 0 Å². The van der Waals surface area contributed by atoms with Gasteiger partial charge in [0.05, 0.1) is 0 Å². The summed E-state index contributed by atoms with van der Waals surface area (Å²) in [5, 5.41) is 2.10. The van der Waals surface area contributed by atoms with Crippen LogP contribution in [0.3, 0.4) is 0 Å². The zero-order valence-corrected chi connectivity index (χ0v) is 10.3. The molecule has 0 spiro atoms. The summed E-state index contributed by atoms with van der Waals surface area (Å²) in [6.45, 7) is 2.20. The second kappa shape index (κ2) is 5.78. The highest BCUT2D eigenvalue weighted by atomic mass is 79.9. The molecule has 0 saturated heterocycles. The Bertz CT molecular complexity index is 247. The maximum absolute atomic E-state index is 6.01. The molecule has 0 saturated carbocycles. The molecule has 1 unspecified atom stereocenters. The molecule has 2 N–H and O–H groups in total. The fourth-order valence-electron chi connectivity index (χ4n) is 1.28. The van der Waals surface area contributed by atoms with E-state index in [1.165, 1.54) is 22.2 Å². The van der Waals surface area contributed by atoms with E-state index in [1.807, 2.05) is 0 Å². The Morgan fingerprint density at radius 3 is 2.92 bits per heavy atom. The number of halogens is 1. The standard InChI is InChI=1S/C10H16BrNS/c1-2-3-4-8(12)7-10-9(11)5-6-13-10/h5-6,8H,2-4,7,12H2,1H3. The van der Waals surface area contributed by atoms with Crippen LogP contribution < -0.4 is 5.73 Å². The normalized spacial score (nSPS) is 13.2. The van der Waals surface area contributed by atoms with Gasteiger partial charge in [-0.05, 0) is 40.2 Å². The third-order valence-corrected chi connectivity index (χ3v) is 4.02. The lowest BCUT2D eigenvalue weighted by Gasteiger charge is -2.09. The molecule has 0 aliphatic heterocycles. The Morgan fingerprint density at radius 2 is 2.38 bits per heavy atom. The highest BCUT2D eigenvalue weighted by Gasteiger charge is 2.07. The quantitative estimate of drug-likeness (QED) is 0.862. The van der Waals surface area contributed by atoms with Crippen LogP contribution in [0.25, 0.3) is 0 Å². The Hall–Kier alpha value is 0.140. The van der Waals surface area contributed by atoms with Crippen LogP contribution in [0.5, 0.6) is 0 Å². The fourth-order valence-corrected chi connectivity index (χ4v) is 2.89. The Labute approximate surface area is 92.5 Å². The summed E-state index contributed by atoms with van der Waals surface area (Å²) in [5.74, 6) is 0. The van der Waals surface area contributed by atoms with E-state index in [-0.39, 0.29) is 0 Å². The lowest BCUT2D eigenvalue weighted by Crippen LogP contribution is -2.22. The number of hydrogen-bond donors (Lipinski definition) is 1. The number of hydrogen-bond acceptors (Lipinski definition) is 2. The lowest BCUT2D eigenvalue weighted by atomic mass is 10.1. The van der Waals surface area contributed by atoms with Gasteiger partial charge in [-0.15, -0.1) is 11.3 Å². The van der Waals surface area contributed by atoms with Crippen molar-refractivity contribution in [3.8, 4) is 0 Å². The van der Waals surface area contributed by atoms with Crippen molar-refractivity contribution >= 4 is 27.3 Å². The molecule has 1 nitrogen and oxygen atoms in total. The summed E-state index contributed by atoms with van der Waals surface area (Å²) in [7, 11) is 0. The predicted octanol–water partition coefficient (Wildman–Crippen LogP) is 3.57.